The van der Waals surface area contributed by atoms with Crippen LogP contribution in [0.15, 0.2) is 72.8 Å². The Kier molecular flexibility index (Phi) is 4.34. The van der Waals surface area contributed by atoms with Gasteiger partial charge in [0.25, 0.3) is 0 Å². The van der Waals surface area contributed by atoms with Gasteiger partial charge in [-0.1, -0.05) is 76.2 Å². The van der Waals surface area contributed by atoms with E-state index in [0.717, 1.165) is 5.69 Å². The molecule has 27 heavy (non-hydrogen) atoms. The topological polar surface area (TPSA) is 12.0 Å². The maximum Gasteiger partial charge on any atom is 0.0390 e. The molecule has 0 aromatic heterocycles. The Morgan fingerprint density at radius 2 is 1.22 bits per heavy atom. The lowest BCUT2D eigenvalue weighted by Gasteiger charge is -2.42. The molecule has 138 valence electrons. The van der Waals surface area contributed by atoms with Crippen LogP contribution in [0.3, 0.4) is 0 Å². The van der Waals surface area contributed by atoms with Gasteiger partial charge in [0.05, 0.1) is 0 Å². The summed E-state index contributed by atoms with van der Waals surface area (Å²) < 4.78 is 0. The smallest absolute Gasteiger partial charge is 0.0390 e. The van der Waals surface area contributed by atoms with Crippen molar-refractivity contribution >= 4 is 11.4 Å². The molecule has 0 fully saturated rings. The Hall–Kier alpha value is -2.54. The summed E-state index contributed by atoms with van der Waals surface area (Å²) in [5, 5.41) is 3.63. The van der Waals surface area contributed by atoms with E-state index >= 15 is 0 Å². The van der Waals surface area contributed by atoms with Crippen LogP contribution in [0.25, 0.3) is 11.1 Å². The molecule has 0 bridgehead atoms. The minimum absolute atomic E-state index is 0.231. The van der Waals surface area contributed by atoms with E-state index in [4.69, 9.17) is 0 Å². The molecule has 1 aliphatic rings. The molecule has 0 unspecified atom stereocenters. The van der Waals surface area contributed by atoms with Gasteiger partial charge >= 0.3 is 0 Å². The van der Waals surface area contributed by atoms with Crippen LogP contribution in [0, 0.1) is 0 Å². The van der Waals surface area contributed by atoms with Crippen LogP contribution in [0.5, 0.6) is 0 Å². The van der Waals surface area contributed by atoms with Crippen molar-refractivity contribution in [1.29, 1.82) is 0 Å². The second-order valence-electron chi connectivity index (χ2n) is 9.10. The first-order chi connectivity index (χ1) is 12.9. The number of anilines is 2. The summed E-state index contributed by atoms with van der Waals surface area (Å²) in [4.78, 5) is 0. The molecular weight excluding hydrogens is 326 g/mol. The third-order valence-electron chi connectivity index (χ3n) is 6.11. The molecule has 1 N–H and O–H groups in total. The fourth-order valence-corrected chi connectivity index (χ4v) is 4.24. The maximum atomic E-state index is 3.63. The van der Waals surface area contributed by atoms with E-state index in [0.29, 0.717) is 0 Å². The molecule has 0 heterocycles. The molecular formula is C26H29N. The highest BCUT2D eigenvalue weighted by Gasteiger charge is 2.36. The third kappa shape index (κ3) is 3.51. The Labute approximate surface area is 163 Å². The summed E-state index contributed by atoms with van der Waals surface area (Å²) >= 11 is 0. The van der Waals surface area contributed by atoms with Gasteiger partial charge in [0, 0.05) is 11.4 Å². The second kappa shape index (κ2) is 6.56. The fourth-order valence-electron chi connectivity index (χ4n) is 4.24. The molecule has 0 saturated carbocycles. The van der Waals surface area contributed by atoms with E-state index in [-0.39, 0.29) is 10.8 Å². The van der Waals surface area contributed by atoms with E-state index < -0.39 is 0 Å². The summed E-state index contributed by atoms with van der Waals surface area (Å²) in [6.45, 7) is 9.50. The van der Waals surface area contributed by atoms with Gasteiger partial charge in [-0.05, 0) is 70.2 Å². The predicted octanol–water partition coefficient (Wildman–Crippen LogP) is 7.45. The van der Waals surface area contributed by atoms with Crippen molar-refractivity contribution < 1.29 is 0 Å². The van der Waals surface area contributed by atoms with Crippen molar-refractivity contribution in [3.05, 3.63) is 83.9 Å². The van der Waals surface area contributed by atoms with Gasteiger partial charge in [-0.25, -0.2) is 0 Å². The van der Waals surface area contributed by atoms with E-state index in [9.17, 15) is 0 Å². The molecule has 0 atom stereocenters. The zero-order chi connectivity index (χ0) is 19.1. The van der Waals surface area contributed by atoms with Crippen LogP contribution in [0.1, 0.15) is 51.7 Å². The second-order valence-corrected chi connectivity index (χ2v) is 9.10. The number of fused-ring (bicyclic) bond motifs is 1. The molecule has 0 saturated heterocycles. The molecule has 0 spiro atoms. The van der Waals surface area contributed by atoms with Crippen molar-refractivity contribution in [3.8, 4) is 11.1 Å². The van der Waals surface area contributed by atoms with E-state index in [2.05, 4.69) is 106 Å². The minimum atomic E-state index is 0.231. The Balaban J connectivity index is 1.67. The largest absolute Gasteiger partial charge is 0.356 e. The number of rotatable bonds is 3. The van der Waals surface area contributed by atoms with Crippen LogP contribution < -0.4 is 5.32 Å². The first kappa shape index (κ1) is 17.9. The predicted molar refractivity (Wildman–Crippen MR) is 117 cm³/mol. The molecule has 0 radical (unpaired) electrons. The number of hydrogen-bond acceptors (Lipinski definition) is 1. The quantitative estimate of drug-likeness (QED) is 0.514. The first-order valence-electron chi connectivity index (χ1n) is 9.93. The van der Waals surface area contributed by atoms with Crippen molar-refractivity contribution in [2.45, 2.75) is 51.4 Å². The normalized spacial score (nSPS) is 17.2. The Morgan fingerprint density at radius 3 is 1.96 bits per heavy atom. The molecule has 1 heteroatoms. The average molecular weight is 356 g/mol. The van der Waals surface area contributed by atoms with Gasteiger partial charge in [0.1, 0.15) is 0 Å². The lowest BCUT2D eigenvalue weighted by atomic mass is 9.63. The van der Waals surface area contributed by atoms with E-state index in [1.54, 1.807) is 0 Å². The standard InChI is InChI=1S/C26H29N/c1-25(2)15-16-26(3,4)24-18-22(13-14-23(24)25)27-21-12-8-11-20(17-21)19-9-6-5-7-10-19/h5-14,17-18,27H,15-16H2,1-4H3. The monoisotopic (exact) mass is 355 g/mol. The Bertz CT molecular complexity index is 951. The zero-order valence-corrected chi connectivity index (χ0v) is 16.8. The molecule has 4 rings (SSSR count). The SMILES string of the molecule is CC1(C)CCC(C)(C)c2cc(Nc3cccc(-c4ccccc4)c3)ccc21. The third-order valence-corrected chi connectivity index (χ3v) is 6.11. The van der Waals surface area contributed by atoms with Crippen LogP contribution in [0.4, 0.5) is 11.4 Å². The Morgan fingerprint density at radius 1 is 0.593 bits per heavy atom. The van der Waals surface area contributed by atoms with E-state index in [1.807, 2.05) is 0 Å². The minimum Gasteiger partial charge on any atom is -0.356 e. The fraction of sp³-hybridized carbons (Fsp3) is 0.308. The highest BCUT2D eigenvalue weighted by Crippen LogP contribution is 2.46. The van der Waals surface area contributed by atoms with Crippen LogP contribution >= 0.6 is 0 Å². The molecule has 3 aromatic carbocycles. The van der Waals surface area contributed by atoms with Gasteiger partial charge < -0.3 is 5.32 Å². The van der Waals surface area contributed by atoms with Gasteiger partial charge in [-0.2, -0.15) is 0 Å². The van der Waals surface area contributed by atoms with Gasteiger partial charge in [0.2, 0.25) is 0 Å². The van der Waals surface area contributed by atoms with Crippen LogP contribution in [-0.2, 0) is 10.8 Å². The number of hydrogen-bond donors (Lipinski definition) is 1. The van der Waals surface area contributed by atoms with Crippen molar-refractivity contribution in [3.63, 3.8) is 0 Å². The van der Waals surface area contributed by atoms with Gasteiger partial charge in [0.15, 0.2) is 0 Å². The lowest BCUT2D eigenvalue weighted by Crippen LogP contribution is -2.33. The van der Waals surface area contributed by atoms with Gasteiger partial charge in [-0.3, -0.25) is 0 Å². The van der Waals surface area contributed by atoms with Crippen LogP contribution in [-0.4, -0.2) is 0 Å². The summed E-state index contributed by atoms with van der Waals surface area (Å²) in [6, 6.07) is 26.1. The first-order valence-corrected chi connectivity index (χ1v) is 9.93. The molecule has 0 amide bonds. The maximum absolute atomic E-state index is 3.63. The molecule has 0 aliphatic heterocycles. The van der Waals surface area contributed by atoms with Gasteiger partial charge in [-0.15, -0.1) is 0 Å². The molecule has 3 aromatic rings. The summed E-state index contributed by atoms with van der Waals surface area (Å²) in [6.07, 6.45) is 2.48. The molecule has 1 nitrogen and oxygen atoms in total. The number of benzene rings is 3. The molecule has 1 aliphatic carbocycles. The van der Waals surface area contributed by atoms with Crippen molar-refractivity contribution in [2.75, 3.05) is 5.32 Å². The van der Waals surface area contributed by atoms with E-state index in [1.165, 1.54) is 40.8 Å². The highest BCUT2D eigenvalue weighted by molar-refractivity contribution is 5.71. The lowest BCUT2D eigenvalue weighted by molar-refractivity contribution is 0.332. The van der Waals surface area contributed by atoms with Crippen molar-refractivity contribution in [2.24, 2.45) is 0 Å². The van der Waals surface area contributed by atoms with Crippen molar-refractivity contribution in [1.82, 2.24) is 0 Å². The summed E-state index contributed by atoms with van der Waals surface area (Å²) in [5.74, 6) is 0. The van der Waals surface area contributed by atoms with Crippen LogP contribution in [0.2, 0.25) is 0 Å². The number of nitrogens with one attached hydrogen (secondary N) is 1. The zero-order valence-electron chi connectivity index (χ0n) is 16.8. The average Bonchev–Trinajstić information content (AvgIpc) is 2.67. The highest BCUT2D eigenvalue weighted by atomic mass is 14.9. The summed E-state index contributed by atoms with van der Waals surface area (Å²) in [7, 11) is 0. The summed E-state index contributed by atoms with van der Waals surface area (Å²) in [5.41, 5.74) is 8.26.